The Bertz CT molecular complexity index is 753. The molecule has 2 aromatic carbocycles. The molecule has 1 aliphatic heterocycles. The van der Waals surface area contributed by atoms with Crippen LogP contribution in [0.3, 0.4) is 0 Å². The van der Waals surface area contributed by atoms with Crippen LogP contribution in [0.25, 0.3) is 0 Å². The maximum atomic E-state index is 5.65. The van der Waals surface area contributed by atoms with Gasteiger partial charge in [-0.25, -0.2) is 0 Å². The van der Waals surface area contributed by atoms with Crippen LogP contribution in [-0.2, 0) is 13.1 Å². The zero-order valence-corrected chi connectivity index (χ0v) is 17.3. The van der Waals surface area contributed by atoms with Crippen molar-refractivity contribution in [3.05, 3.63) is 53.6 Å². The van der Waals surface area contributed by atoms with E-state index in [1.807, 2.05) is 49.4 Å². The third-order valence-corrected chi connectivity index (χ3v) is 3.84. The molecule has 0 aliphatic carbocycles. The Morgan fingerprint density at radius 1 is 1.08 bits per heavy atom. The summed E-state index contributed by atoms with van der Waals surface area (Å²) in [6.45, 7) is 4.19. The maximum Gasteiger partial charge on any atom is 0.231 e. The Morgan fingerprint density at radius 2 is 1.85 bits per heavy atom. The van der Waals surface area contributed by atoms with E-state index < -0.39 is 0 Å². The van der Waals surface area contributed by atoms with Gasteiger partial charge in [0.05, 0.1) is 6.61 Å². The van der Waals surface area contributed by atoms with E-state index in [2.05, 4.69) is 15.6 Å². The van der Waals surface area contributed by atoms with E-state index in [0.717, 1.165) is 34.3 Å². The van der Waals surface area contributed by atoms with Crippen molar-refractivity contribution in [3.8, 4) is 17.2 Å². The van der Waals surface area contributed by atoms with Gasteiger partial charge in [0.2, 0.25) is 6.79 Å². The molecule has 1 aliphatic rings. The van der Waals surface area contributed by atoms with Crippen molar-refractivity contribution in [1.82, 2.24) is 10.6 Å². The summed E-state index contributed by atoms with van der Waals surface area (Å²) in [5.74, 6) is 3.19. The lowest BCUT2D eigenvalue weighted by Gasteiger charge is -2.14. The van der Waals surface area contributed by atoms with Crippen LogP contribution in [0.15, 0.2) is 47.5 Å². The van der Waals surface area contributed by atoms with Gasteiger partial charge in [0.25, 0.3) is 0 Å². The highest BCUT2D eigenvalue weighted by Crippen LogP contribution is 2.32. The summed E-state index contributed by atoms with van der Waals surface area (Å²) in [7, 11) is 1.75. The fraction of sp³-hybridized carbons (Fsp3) is 0.316. The van der Waals surface area contributed by atoms with Crippen LogP contribution in [0.4, 0.5) is 0 Å². The number of hydrogen-bond donors (Lipinski definition) is 2. The summed E-state index contributed by atoms with van der Waals surface area (Å²) in [6, 6.07) is 13.9. The van der Waals surface area contributed by atoms with Crippen LogP contribution in [0.5, 0.6) is 17.2 Å². The van der Waals surface area contributed by atoms with Crippen LogP contribution in [-0.4, -0.2) is 26.4 Å². The summed E-state index contributed by atoms with van der Waals surface area (Å²) in [5.41, 5.74) is 2.19. The smallest absolute Gasteiger partial charge is 0.231 e. The second-order valence-corrected chi connectivity index (χ2v) is 5.51. The first-order valence-electron chi connectivity index (χ1n) is 8.34. The van der Waals surface area contributed by atoms with Gasteiger partial charge in [-0.3, -0.25) is 4.99 Å². The maximum absolute atomic E-state index is 5.65. The largest absolute Gasteiger partial charge is 0.494 e. The number of para-hydroxylation sites is 1. The summed E-state index contributed by atoms with van der Waals surface area (Å²) in [5, 5.41) is 6.61. The van der Waals surface area contributed by atoms with Gasteiger partial charge in [0.15, 0.2) is 17.5 Å². The lowest BCUT2D eigenvalue weighted by atomic mass is 10.2. The van der Waals surface area contributed by atoms with Crippen LogP contribution in [0, 0.1) is 0 Å². The van der Waals surface area contributed by atoms with Crippen LogP contribution in [0.2, 0.25) is 0 Å². The molecule has 0 atom stereocenters. The Morgan fingerprint density at radius 3 is 2.65 bits per heavy atom. The molecule has 7 heteroatoms. The number of fused-ring (bicyclic) bond motifs is 1. The molecule has 140 valence electrons. The predicted molar refractivity (Wildman–Crippen MR) is 113 cm³/mol. The Hall–Kier alpha value is -2.16. The molecule has 3 rings (SSSR count). The molecule has 0 amide bonds. The monoisotopic (exact) mass is 469 g/mol. The predicted octanol–water partition coefficient (Wildman–Crippen LogP) is 3.30. The second kappa shape index (κ2) is 10.1. The van der Waals surface area contributed by atoms with Gasteiger partial charge in [0, 0.05) is 25.7 Å². The van der Waals surface area contributed by atoms with E-state index in [1.54, 1.807) is 7.05 Å². The highest BCUT2D eigenvalue weighted by molar-refractivity contribution is 14.0. The molecule has 2 aromatic rings. The Balaban J connectivity index is 0.00000243. The standard InChI is InChI=1S/C19H23N3O3.HI/c1-3-23-16-7-5-4-6-15(16)12-22-19(20-2)21-11-14-8-9-17-18(10-14)25-13-24-17;/h4-10H,3,11-13H2,1-2H3,(H2,20,21,22);1H. The second-order valence-electron chi connectivity index (χ2n) is 5.51. The fourth-order valence-electron chi connectivity index (χ4n) is 2.58. The lowest BCUT2D eigenvalue weighted by Crippen LogP contribution is -2.36. The minimum Gasteiger partial charge on any atom is -0.494 e. The van der Waals surface area contributed by atoms with Crippen molar-refractivity contribution in [2.75, 3.05) is 20.4 Å². The highest BCUT2D eigenvalue weighted by atomic mass is 127. The quantitative estimate of drug-likeness (QED) is 0.386. The molecule has 0 bridgehead atoms. The molecule has 0 saturated heterocycles. The number of benzene rings is 2. The average Bonchev–Trinajstić information content (AvgIpc) is 3.11. The number of guanidine groups is 1. The van der Waals surface area contributed by atoms with Crippen LogP contribution < -0.4 is 24.8 Å². The minimum atomic E-state index is 0. The van der Waals surface area contributed by atoms with Crippen molar-refractivity contribution < 1.29 is 14.2 Å². The van der Waals surface area contributed by atoms with E-state index >= 15 is 0 Å². The summed E-state index contributed by atoms with van der Waals surface area (Å²) < 4.78 is 16.4. The molecule has 1 heterocycles. The van der Waals surface area contributed by atoms with E-state index in [-0.39, 0.29) is 30.8 Å². The minimum absolute atomic E-state index is 0. The van der Waals surface area contributed by atoms with Crippen LogP contribution >= 0.6 is 24.0 Å². The third kappa shape index (κ3) is 5.17. The molecule has 2 N–H and O–H groups in total. The number of halogens is 1. The average molecular weight is 469 g/mol. The van der Waals surface area contributed by atoms with Gasteiger partial charge in [-0.15, -0.1) is 24.0 Å². The van der Waals surface area contributed by atoms with Crippen molar-refractivity contribution >= 4 is 29.9 Å². The molecule has 0 aromatic heterocycles. The van der Waals surface area contributed by atoms with E-state index in [4.69, 9.17) is 14.2 Å². The summed E-state index contributed by atoms with van der Waals surface area (Å²) >= 11 is 0. The van der Waals surface area contributed by atoms with Gasteiger partial charge < -0.3 is 24.8 Å². The van der Waals surface area contributed by atoms with E-state index in [0.29, 0.717) is 19.7 Å². The first-order valence-corrected chi connectivity index (χ1v) is 8.34. The molecule has 0 unspecified atom stereocenters. The van der Waals surface area contributed by atoms with Gasteiger partial charge in [0.1, 0.15) is 5.75 Å². The van der Waals surface area contributed by atoms with Crippen molar-refractivity contribution in [2.45, 2.75) is 20.0 Å². The van der Waals surface area contributed by atoms with Gasteiger partial charge >= 0.3 is 0 Å². The van der Waals surface area contributed by atoms with Gasteiger partial charge in [-0.1, -0.05) is 24.3 Å². The lowest BCUT2D eigenvalue weighted by molar-refractivity contribution is 0.174. The van der Waals surface area contributed by atoms with E-state index in [1.165, 1.54) is 0 Å². The normalized spacial score (nSPS) is 12.3. The number of nitrogens with one attached hydrogen (secondary N) is 2. The molecule has 26 heavy (non-hydrogen) atoms. The summed E-state index contributed by atoms with van der Waals surface area (Å²) in [6.07, 6.45) is 0. The summed E-state index contributed by atoms with van der Waals surface area (Å²) in [4.78, 5) is 4.26. The number of hydrogen-bond acceptors (Lipinski definition) is 4. The molecule has 0 spiro atoms. The SMILES string of the molecule is CCOc1ccccc1CNC(=NC)NCc1ccc2c(c1)OCO2.I. The molecule has 6 nitrogen and oxygen atoms in total. The van der Waals surface area contributed by atoms with E-state index in [9.17, 15) is 0 Å². The van der Waals surface area contributed by atoms with Crippen molar-refractivity contribution in [3.63, 3.8) is 0 Å². The molecule has 0 radical (unpaired) electrons. The number of nitrogens with zero attached hydrogens (tertiary/aromatic N) is 1. The highest BCUT2D eigenvalue weighted by Gasteiger charge is 2.13. The molecular formula is C19H24IN3O3. The van der Waals surface area contributed by atoms with Crippen molar-refractivity contribution in [1.29, 1.82) is 0 Å². The Labute approximate surface area is 171 Å². The molecule has 0 saturated carbocycles. The van der Waals surface area contributed by atoms with Crippen molar-refractivity contribution in [2.24, 2.45) is 4.99 Å². The molecule has 0 fully saturated rings. The topological polar surface area (TPSA) is 64.1 Å². The number of ether oxygens (including phenoxy) is 3. The Kier molecular flexibility index (Phi) is 7.83. The first kappa shape index (κ1) is 20.2. The molecular weight excluding hydrogens is 445 g/mol. The number of rotatable bonds is 6. The zero-order valence-electron chi connectivity index (χ0n) is 15.0. The van der Waals surface area contributed by atoms with Gasteiger partial charge in [-0.2, -0.15) is 0 Å². The number of aliphatic imine (C=N–C) groups is 1. The zero-order chi connectivity index (χ0) is 17.5. The third-order valence-electron chi connectivity index (χ3n) is 3.84. The fourth-order valence-corrected chi connectivity index (χ4v) is 2.58. The first-order chi connectivity index (χ1) is 12.3. The van der Waals surface area contributed by atoms with Gasteiger partial charge in [-0.05, 0) is 30.7 Å². The van der Waals surface area contributed by atoms with Crippen LogP contribution in [0.1, 0.15) is 18.1 Å².